The predicted molar refractivity (Wildman–Crippen MR) is 78.1 cm³/mol. The van der Waals surface area contributed by atoms with Crippen LogP contribution in [-0.4, -0.2) is 30.9 Å². The van der Waals surface area contributed by atoms with Crippen LogP contribution in [0.2, 0.25) is 0 Å². The molecule has 0 aromatic rings. The van der Waals surface area contributed by atoms with E-state index in [4.69, 9.17) is 5.73 Å². The first-order chi connectivity index (χ1) is 8.61. The smallest absolute Gasteiger partial charge is 0.239 e. The Hall–Kier alpha value is -0.810. The zero-order valence-electron chi connectivity index (χ0n) is 11.6. The summed E-state index contributed by atoms with van der Waals surface area (Å²) in [5.74, 6) is 0.312. The lowest BCUT2D eigenvalue weighted by Crippen LogP contribution is -2.43. The summed E-state index contributed by atoms with van der Waals surface area (Å²) in [6.07, 6.45) is 6.59. The van der Waals surface area contributed by atoms with Crippen LogP contribution < -0.4 is 16.4 Å². The Kier molecular flexibility index (Phi) is 9.61. The van der Waals surface area contributed by atoms with Crippen molar-refractivity contribution in [3.63, 3.8) is 0 Å². The van der Waals surface area contributed by atoms with E-state index in [1.807, 2.05) is 6.92 Å². The zero-order valence-corrected chi connectivity index (χ0v) is 12.4. The van der Waals surface area contributed by atoms with Crippen LogP contribution in [-0.2, 0) is 9.59 Å². The van der Waals surface area contributed by atoms with E-state index in [1.165, 1.54) is 19.3 Å². The van der Waals surface area contributed by atoms with E-state index in [9.17, 15) is 9.59 Å². The average molecular weight is 292 g/mol. The number of halogens is 1. The molecule has 0 aliphatic heterocycles. The molecule has 1 atom stereocenters. The van der Waals surface area contributed by atoms with Gasteiger partial charge in [0.25, 0.3) is 0 Å². The molecule has 0 bridgehead atoms. The van der Waals surface area contributed by atoms with E-state index in [0.717, 1.165) is 12.8 Å². The minimum atomic E-state index is -0.176. The Labute approximate surface area is 121 Å². The maximum Gasteiger partial charge on any atom is 0.239 e. The summed E-state index contributed by atoms with van der Waals surface area (Å²) in [5.41, 5.74) is 5.40. The number of amides is 2. The molecule has 0 unspecified atom stereocenters. The number of nitrogens with one attached hydrogen (secondary N) is 2. The molecule has 1 aliphatic carbocycles. The van der Waals surface area contributed by atoms with Crippen molar-refractivity contribution in [3.8, 4) is 0 Å². The lowest BCUT2D eigenvalue weighted by atomic mass is 9.87. The van der Waals surface area contributed by atoms with E-state index < -0.39 is 0 Å². The summed E-state index contributed by atoms with van der Waals surface area (Å²) in [6.45, 7) is 2.29. The number of nitrogens with two attached hydrogens (primary N) is 1. The molecular formula is C13H26ClN3O2. The van der Waals surface area contributed by atoms with Gasteiger partial charge in [-0.3, -0.25) is 9.59 Å². The standard InChI is InChI=1S/C13H25N3O2.ClH/c1-10(8-14)16-13(18)9-15-12(17)7-11-5-3-2-4-6-11;/h10-11H,2-9,14H2,1H3,(H,15,17)(H,16,18);1H/t10-;/m0./s1. The first kappa shape index (κ1) is 18.2. The van der Waals surface area contributed by atoms with Crippen LogP contribution >= 0.6 is 12.4 Å². The van der Waals surface area contributed by atoms with Crippen LogP contribution in [0.15, 0.2) is 0 Å². The summed E-state index contributed by atoms with van der Waals surface area (Å²) in [6, 6.07) is -0.0484. The van der Waals surface area contributed by atoms with Crippen LogP contribution in [0.3, 0.4) is 0 Å². The summed E-state index contributed by atoms with van der Waals surface area (Å²) in [7, 11) is 0. The fraction of sp³-hybridized carbons (Fsp3) is 0.846. The van der Waals surface area contributed by atoms with E-state index >= 15 is 0 Å². The average Bonchev–Trinajstić information content (AvgIpc) is 2.37. The second kappa shape index (κ2) is 10.0. The monoisotopic (exact) mass is 291 g/mol. The number of carbonyl (C=O) groups is 2. The fourth-order valence-electron chi connectivity index (χ4n) is 2.29. The van der Waals surface area contributed by atoms with Gasteiger partial charge in [0.1, 0.15) is 0 Å². The molecule has 1 saturated carbocycles. The molecule has 4 N–H and O–H groups in total. The first-order valence-electron chi connectivity index (χ1n) is 6.88. The molecule has 19 heavy (non-hydrogen) atoms. The first-order valence-corrected chi connectivity index (χ1v) is 6.88. The maximum absolute atomic E-state index is 11.7. The highest BCUT2D eigenvalue weighted by Gasteiger charge is 2.17. The molecule has 112 valence electrons. The van der Waals surface area contributed by atoms with Gasteiger partial charge in [-0.2, -0.15) is 0 Å². The van der Waals surface area contributed by atoms with Crippen LogP contribution in [0.4, 0.5) is 0 Å². The summed E-state index contributed by atoms with van der Waals surface area (Å²) < 4.78 is 0. The van der Waals surface area contributed by atoms with Gasteiger partial charge in [-0.05, 0) is 25.7 Å². The summed E-state index contributed by atoms with van der Waals surface area (Å²) in [4.78, 5) is 23.1. The van der Waals surface area contributed by atoms with E-state index in [0.29, 0.717) is 18.9 Å². The third-order valence-corrected chi connectivity index (χ3v) is 3.41. The normalized spacial score (nSPS) is 17.2. The van der Waals surface area contributed by atoms with Crippen molar-refractivity contribution < 1.29 is 9.59 Å². The molecule has 1 rings (SSSR count). The second-order valence-corrected chi connectivity index (χ2v) is 5.19. The Balaban J connectivity index is 0.00000324. The Bertz CT molecular complexity index is 281. The van der Waals surface area contributed by atoms with Gasteiger partial charge in [0.15, 0.2) is 0 Å². The van der Waals surface area contributed by atoms with Crippen molar-refractivity contribution in [2.75, 3.05) is 13.1 Å². The summed E-state index contributed by atoms with van der Waals surface area (Å²) in [5, 5.41) is 5.38. The lowest BCUT2D eigenvalue weighted by molar-refractivity contribution is -0.127. The summed E-state index contributed by atoms with van der Waals surface area (Å²) >= 11 is 0. The van der Waals surface area contributed by atoms with Crippen LogP contribution in [0, 0.1) is 5.92 Å². The van der Waals surface area contributed by atoms with Crippen molar-refractivity contribution >= 4 is 24.2 Å². The van der Waals surface area contributed by atoms with Crippen molar-refractivity contribution in [2.45, 2.75) is 51.5 Å². The second-order valence-electron chi connectivity index (χ2n) is 5.19. The molecule has 0 aromatic carbocycles. The molecule has 2 amide bonds. The highest BCUT2D eigenvalue weighted by molar-refractivity contribution is 5.85. The highest BCUT2D eigenvalue weighted by Crippen LogP contribution is 2.25. The Morgan fingerprint density at radius 1 is 1.21 bits per heavy atom. The molecule has 0 radical (unpaired) electrons. The van der Waals surface area contributed by atoms with E-state index in [-0.39, 0.29) is 36.8 Å². The van der Waals surface area contributed by atoms with Gasteiger partial charge in [0.05, 0.1) is 6.54 Å². The van der Waals surface area contributed by atoms with Gasteiger partial charge in [-0.15, -0.1) is 12.4 Å². The van der Waals surface area contributed by atoms with Gasteiger partial charge < -0.3 is 16.4 Å². The molecule has 1 aliphatic rings. The topological polar surface area (TPSA) is 84.2 Å². The van der Waals surface area contributed by atoms with Crippen molar-refractivity contribution in [1.82, 2.24) is 10.6 Å². The third-order valence-electron chi connectivity index (χ3n) is 3.41. The highest BCUT2D eigenvalue weighted by atomic mass is 35.5. The van der Waals surface area contributed by atoms with Crippen molar-refractivity contribution in [1.29, 1.82) is 0 Å². The van der Waals surface area contributed by atoms with Gasteiger partial charge in [-0.1, -0.05) is 19.3 Å². The van der Waals surface area contributed by atoms with Gasteiger partial charge >= 0.3 is 0 Å². The molecule has 0 saturated heterocycles. The Morgan fingerprint density at radius 3 is 2.42 bits per heavy atom. The van der Waals surface area contributed by atoms with Crippen LogP contribution in [0.5, 0.6) is 0 Å². The van der Waals surface area contributed by atoms with Crippen LogP contribution in [0.25, 0.3) is 0 Å². The zero-order chi connectivity index (χ0) is 13.4. The Morgan fingerprint density at radius 2 is 1.84 bits per heavy atom. The number of hydrogen-bond acceptors (Lipinski definition) is 3. The van der Waals surface area contributed by atoms with Gasteiger partial charge in [0, 0.05) is 19.0 Å². The van der Waals surface area contributed by atoms with E-state index in [1.54, 1.807) is 0 Å². The quantitative estimate of drug-likeness (QED) is 0.681. The maximum atomic E-state index is 11.7. The molecule has 0 spiro atoms. The fourth-order valence-corrected chi connectivity index (χ4v) is 2.29. The number of rotatable bonds is 6. The van der Waals surface area contributed by atoms with Crippen molar-refractivity contribution in [3.05, 3.63) is 0 Å². The molecule has 5 nitrogen and oxygen atoms in total. The molecular weight excluding hydrogens is 266 g/mol. The molecule has 0 aromatic heterocycles. The van der Waals surface area contributed by atoms with Crippen molar-refractivity contribution in [2.24, 2.45) is 11.7 Å². The molecule has 1 fully saturated rings. The minimum absolute atomic E-state index is 0. The van der Waals surface area contributed by atoms with Gasteiger partial charge in [0.2, 0.25) is 11.8 Å². The SMILES string of the molecule is C[C@@H](CN)NC(=O)CNC(=O)CC1CCCCC1.Cl. The predicted octanol–water partition coefficient (Wildman–Crippen LogP) is 0.958. The molecule has 0 heterocycles. The molecule has 6 heteroatoms. The largest absolute Gasteiger partial charge is 0.351 e. The minimum Gasteiger partial charge on any atom is -0.351 e. The third kappa shape index (κ3) is 8.06. The number of carbonyl (C=O) groups excluding carboxylic acids is 2. The lowest BCUT2D eigenvalue weighted by Gasteiger charge is -2.20. The van der Waals surface area contributed by atoms with Gasteiger partial charge in [-0.25, -0.2) is 0 Å². The number of hydrogen-bond donors (Lipinski definition) is 3. The van der Waals surface area contributed by atoms with Crippen LogP contribution in [0.1, 0.15) is 45.4 Å². The van der Waals surface area contributed by atoms with E-state index in [2.05, 4.69) is 10.6 Å².